The van der Waals surface area contributed by atoms with Crippen LogP contribution in [0.25, 0.3) is 0 Å². The lowest BCUT2D eigenvalue weighted by molar-refractivity contribution is 0.876. The number of anilines is 2. The number of aryl methyl sites for hydroxylation is 2. The highest BCUT2D eigenvalue weighted by Crippen LogP contribution is 2.20. The molecule has 0 bridgehead atoms. The number of benzene rings is 1. The largest absolute Gasteiger partial charge is 0.399 e. The fourth-order valence-corrected chi connectivity index (χ4v) is 2.03. The van der Waals surface area contributed by atoms with Crippen molar-refractivity contribution in [1.29, 1.82) is 0 Å². The zero-order chi connectivity index (χ0) is 13.1. The van der Waals surface area contributed by atoms with Gasteiger partial charge in [0.1, 0.15) is 0 Å². The van der Waals surface area contributed by atoms with Crippen molar-refractivity contribution in [3.63, 3.8) is 0 Å². The summed E-state index contributed by atoms with van der Waals surface area (Å²) in [5.74, 6) is 0. The Morgan fingerprint density at radius 1 is 1.17 bits per heavy atom. The van der Waals surface area contributed by atoms with Gasteiger partial charge in [-0.1, -0.05) is 6.07 Å². The molecule has 0 aliphatic rings. The van der Waals surface area contributed by atoms with Crippen molar-refractivity contribution in [2.45, 2.75) is 20.4 Å². The normalized spacial score (nSPS) is 10.4. The quantitative estimate of drug-likeness (QED) is 0.840. The van der Waals surface area contributed by atoms with Crippen LogP contribution in [-0.2, 0) is 6.54 Å². The molecule has 1 aromatic heterocycles. The van der Waals surface area contributed by atoms with Crippen molar-refractivity contribution in [3.05, 3.63) is 53.3 Å². The summed E-state index contributed by atoms with van der Waals surface area (Å²) in [5, 5.41) is 0. The van der Waals surface area contributed by atoms with Crippen LogP contribution in [0.4, 0.5) is 11.4 Å². The highest BCUT2D eigenvalue weighted by Gasteiger charge is 2.04. The van der Waals surface area contributed by atoms with Crippen molar-refractivity contribution in [2.24, 2.45) is 0 Å². The van der Waals surface area contributed by atoms with Crippen LogP contribution in [0.2, 0.25) is 0 Å². The fraction of sp³-hybridized carbons (Fsp3) is 0.267. The molecule has 0 saturated carbocycles. The van der Waals surface area contributed by atoms with Gasteiger partial charge in [0.2, 0.25) is 0 Å². The molecule has 94 valence electrons. The molecule has 0 aliphatic heterocycles. The molecule has 0 atom stereocenters. The average Bonchev–Trinajstić information content (AvgIpc) is 2.27. The lowest BCUT2D eigenvalue weighted by atomic mass is 10.2. The molecule has 3 nitrogen and oxygen atoms in total. The zero-order valence-corrected chi connectivity index (χ0v) is 11.1. The minimum Gasteiger partial charge on any atom is -0.399 e. The molecule has 2 aromatic rings. The molecular weight excluding hydrogens is 222 g/mol. The number of nitrogens with two attached hydrogens (primary N) is 1. The first-order valence-corrected chi connectivity index (χ1v) is 6.05. The van der Waals surface area contributed by atoms with E-state index < -0.39 is 0 Å². The highest BCUT2D eigenvalue weighted by molar-refractivity contribution is 5.58. The minimum absolute atomic E-state index is 0.782. The standard InChI is InChI=1S/C15H19N3/c1-11-7-13(16)9-15(8-11)18(3)10-14-6-4-5-12(2)17-14/h4-9H,10,16H2,1-3H3. The monoisotopic (exact) mass is 241 g/mol. The number of nitrogens with zero attached hydrogens (tertiary/aromatic N) is 2. The first-order chi connectivity index (χ1) is 8.54. The molecule has 3 heteroatoms. The summed E-state index contributed by atoms with van der Waals surface area (Å²) >= 11 is 0. The Morgan fingerprint density at radius 2 is 1.94 bits per heavy atom. The van der Waals surface area contributed by atoms with Gasteiger partial charge in [0.05, 0.1) is 12.2 Å². The second kappa shape index (κ2) is 5.08. The van der Waals surface area contributed by atoms with Gasteiger partial charge in [-0.25, -0.2) is 0 Å². The van der Waals surface area contributed by atoms with Gasteiger partial charge in [-0.15, -0.1) is 0 Å². The maximum Gasteiger partial charge on any atom is 0.0600 e. The Morgan fingerprint density at radius 3 is 2.61 bits per heavy atom. The summed E-state index contributed by atoms with van der Waals surface area (Å²) in [6.07, 6.45) is 0. The van der Waals surface area contributed by atoms with Gasteiger partial charge in [0.25, 0.3) is 0 Å². The van der Waals surface area contributed by atoms with Gasteiger partial charge in [-0.3, -0.25) is 4.98 Å². The maximum absolute atomic E-state index is 5.87. The Bertz CT molecular complexity index is 529. The molecule has 0 spiro atoms. The second-order valence-corrected chi connectivity index (χ2v) is 4.73. The number of pyridine rings is 1. The van der Waals surface area contributed by atoms with E-state index >= 15 is 0 Å². The van der Waals surface area contributed by atoms with E-state index in [1.807, 2.05) is 37.3 Å². The topological polar surface area (TPSA) is 42.1 Å². The summed E-state index contributed by atoms with van der Waals surface area (Å²) in [4.78, 5) is 6.67. The summed E-state index contributed by atoms with van der Waals surface area (Å²) in [5.41, 5.74) is 11.1. The molecule has 0 radical (unpaired) electrons. The maximum atomic E-state index is 5.87. The van der Waals surface area contributed by atoms with Crippen molar-refractivity contribution in [2.75, 3.05) is 17.7 Å². The van der Waals surface area contributed by atoms with E-state index in [2.05, 4.69) is 29.9 Å². The third-order valence-corrected chi connectivity index (χ3v) is 2.87. The van der Waals surface area contributed by atoms with Gasteiger partial charge in [0.15, 0.2) is 0 Å². The van der Waals surface area contributed by atoms with E-state index in [-0.39, 0.29) is 0 Å². The van der Waals surface area contributed by atoms with E-state index in [1.165, 1.54) is 5.56 Å². The molecule has 0 aliphatic carbocycles. The lowest BCUT2D eigenvalue weighted by Crippen LogP contribution is -2.17. The summed E-state index contributed by atoms with van der Waals surface area (Å²) in [6, 6.07) is 12.2. The second-order valence-electron chi connectivity index (χ2n) is 4.73. The average molecular weight is 241 g/mol. The van der Waals surface area contributed by atoms with Gasteiger partial charge in [-0.05, 0) is 49.7 Å². The molecule has 0 unspecified atom stereocenters. The van der Waals surface area contributed by atoms with Gasteiger partial charge < -0.3 is 10.6 Å². The van der Waals surface area contributed by atoms with Crippen LogP contribution in [0.15, 0.2) is 36.4 Å². The molecule has 2 N–H and O–H groups in total. The molecule has 1 heterocycles. The van der Waals surface area contributed by atoms with E-state index in [0.717, 1.165) is 29.3 Å². The molecule has 0 saturated heterocycles. The van der Waals surface area contributed by atoms with Crippen LogP contribution in [-0.4, -0.2) is 12.0 Å². The van der Waals surface area contributed by atoms with Crippen LogP contribution in [0, 0.1) is 13.8 Å². The predicted octanol–water partition coefficient (Wildman–Crippen LogP) is 2.92. The summed E-state index contributed by atoms with van der Waals surface area (Å²) in [7, 11) is 2.05. The first kappa shape index (κ1) is 12.4. The third-order valence-electron chi connectivity index (χ3n) is 2.87. The van der Waals surface area contributed by atoms with Crippen LogP contribution < -0.4 is 10.6 Å². The third kappa shape index (κ3) is 3.00. The van der Waals surface area contributed by atoms with Gasteiger partial charge >= 0.3 is 0 Å². The Hall–Kier alpha value is -2.03. The van der Waals surface area contributed by atoms with Gasteiger partial charge in [0, 0.05) is 24.1 Å². The molecule has 1 aromatic carbocycles. The predicted molar refractivity (Wildman–Crippen MR) is 76.7 cm³/mol. The molecule has 0 fully saturated rings. The van der Waals surface area contributed by atoms with Crippen molar-refractivity contribution < 1.29 is 0 Å². The molecule has 18 heavy (non-hydrogen) atoms. The SMILES string of the molecule is Cc1cc(N)cc(N(C)Cc2cccc(C)n2)c1. The van der Waals surface area contributed by atoms with E-state index in [4.69, 9.17) is 5.73 Å². The lowest BCUT2D eigenvalue weighted by Gasteiger charge is -2.20. The van der Waals surface area contributed by atoms with Crippen LogP contribution in [0.1, 0.15) is 17.0 Å². The Labute approximate surface area is 108 Å². The van der Waals surface area contributed by atoms with E-state index in [1.54, 1.807) is 0 Å². The highest BCUT2D eigenvalue weighted by atomic mass is 15.1. The van der Waals surface area contributed by atoms with Crippen molar-refractivity contribution in [1.82, 2.24) is 4.98 Å². The van der Waals surface area contributed by atoms with Crippen molar-refractivity contribution in [3.8, 4) is 0 Å². The Balaban J connectivity index is 2.19. The molecule has 0 amide bonds. The number of rotatable bonds is 3. The Kier molecular flexibility index (Phi) is 3.51. The van der Waals surface area contributed by atoms with Crippen molar-refractivity contribution >= 4 is 11.4 Å². The number of aromatic nitrogens is 1. The minimum atomic E-state index is 0.782. The molecule has 2 rings (SSSR count). The van der Waals surface area contributed by atoms with Crippen LogP contribution in [0.5, 0.6) is 0 Å². The summed E-state index contributed by atoms with van der Waals surface area (Å²) < 4.78 is 0. The van der Waals surface area contributed by atoms with E-state index in [0.29, 0.717) is 0 Å². The number of nitrogen functional groups attached to an aromatic ring is 1. The first-order valence-electron chi connectivity index (χ1n) is 6.05. The zero-order valence-electron chi connectivity index (χ0n) is 11.1. The summed E-state index contributed by atoms with van der Waals surface area (Å²) in [6.45, 7) is 4.84. The van der Waals surface area contributed by atoms with Crippen LogP contribution in [0.3, 0.4) is 0 Å². The van der Waals surface area contributed by atoms with Gasteiger partial charge in [-0.2, -0.15) is 0 Å². The molecular formula is C15H19N3. The van der Waals surface area contributed by atoms with Crippen LogP contribution >= 0.6 is 0 Å². The fourth-order valence-electron chi connectivity index (χ4n) is 2.03. The number of hydrogen-bond acceptors (Lipinski definition) is 3. The van der Waals surface area contributed by atoms with E-state index in [9.17, 15) is 0 Å². The number of hydrogen-bond donors (Lipinski definition) is 1. The smallest absolute Gasteiger partial charge is 0.0600 e.